The number of likely N-dealkylation sites (N-methyl/N-ethyl adjacent to an activating group) is 1. The third-order valence-electron chi connectivity index (χ3n) is 2.98. The number of rotatable bonds is 5. The van der Waals surface area contributed by atoms with Crippen LogP contribution in [0.2, 0.25) is 0 Å². The van der Waals surface area contributed by atoms with Gasteiger partial charge in [-0.2, -0.15) is 0 Å². The highest BCUT2D eigenvalue weighted by Crippen LogP contribution is 2.23. The van der Waals surface area contributed by atoms with Crippen molar-refractivity contribution in [3.05, 3.63) is 46.0 Å². The number of hydrogen-bond acceptors (Lipinski definition) is 4. The number of benzene rings is 1. The fourth-order valence-corrected chi connectivity index (χ4v) is 2.85. The molecule has 1 aromatic carbocycles. The van der Waals surface area contributed by atoms with E-state index in [0.717, 1.165) is 18.7 Å². The minimum Gasteiger partial charge on any atom is -0.309 e. The largest absolute Gasteiger partial charge is 0.309 e. The van der Waals surface area contributed by atoms with E-state index in [9.17, 15) is 0 Å². The van der Waals surface area contributed by atoms with Crippen molar-refractivity contribution in [3.63, 3.8) is 0 Å². The fourth-order valence-electron chi connectivity index (χ4n) is 2.14. The van der Waals surface area contributed by atoms with E-state index in [0.29, 0.717) is 6.04 Å². The molecule has 1 unspecified atom stereocenters. The zero-order chi connectivity index (χ0) is 13.0. The van der Waals surface area contributed by atoms with Crippen molar-refractivity contribution in [1.29, 1.82) is 0 Å². The predicted molar refractivity (Wildman–Crippen MR) is 75.9 cm³/mol. The van der Waals surface area contributed by atoms with E-state index in [4.69, 9.17) is 0 Å². The molecule has 0 bridgehead atoms. The van der Waals surface area contributed by atoms with Gasteiger partial charge in [0.05, 0.1) is 10.6 Å². The molecule has 96 valence electrons. The van der Waals surface area contributed by atoms with Crippen LogP contribution in [0.1, 0.15) is 34.7 Å². The number of nitrogens with zero attached hydrogens (tertiary/aromatic N) is 2. The Morgan fingerprint density at radius 3 is 2.78 bits per heavy atom. The maximum absolute atomic E-state index is 4.11. The third-order valence-corrected chi connectivity index (χ3v) is 3.92. The summed E-state index contributed by atoms with van der Waals surface area (Å²) in [6, 6.07) is 8.99. The quantitative estimate of drug-likeness (QED) is 0.899. The Kier molecular flexibility index (Phi) is 4.44. The Balaban J connectivity index is 2.19. The average Bonchev–Trinajstić information content (AvgIpc) is 2.75. The van der Waals surface area contributed by atoms with Gasteiger partial charge in [0.25, 0.3) is 0 Å². The van der Waals surface area contributed by atoms with Crippen LogP contribution in [-0.4, -0.2) is 16.1 Å². The summed E-state index contributed by atoms with van der Waals surface area (Å²) in [5.41, 5.74) is 3.70. The number of aromatic nitrogens is 2. The Morgan fingerprint density at radius 2 is 2.17 bits per heavy atom. The maximum Gasteiger partial charge on any atom is 0.0772 e. The lowest BCUT2D eigenvalue weighted by atomic mass is 10.0. The lowest BCUT2D eigenvalue weighted by molar-refractivity contribution is 0.554. The Hall–Kier alpha value is -1.26. The second-order valence-corrected chi connectivity index (χ2v) is 5.31. The van der Waals surface area contributed by atoms with Crippen molar-refractivity contribution in [2.24, 2.45) is 0 Å². The molecule has 0 saturated heterocycles. The Bertz CT molecular complexity index is 507. The van der Waals surface area contributed by atoms with Crippen molar-refractivity contribution in [2.45, 2.75) is 33.2 Å². The minimum absolute atomic E-state index is 0.316. The lowest BCUT2D eigenvalue weighted by Crippen LogP contribution is -2.22. The first kappa shape index (κ1) is 13.2. The van der Waals surface area contributed by atoms with Gasteiger partial charge in [-0.05, 0) is 43.9 Å². The van der Waals surface area contributed by atoms with Gasteiger partial charge in [0.15, 0.2) is 0 Å². The second-order valence-electron chi connectivity index (χ2n) is 4.53. The zero-order valence-electron chi connectivity index (χ0n) is 11.1. The van der Waals surface area contributed by atoms with Gasteiger partial charge < -0.3 is 5.32 Å². The van der Waals surface area contributed by atoms with E-state index in [1.54, 1.807) is 0 Å². The summed E-state index contributed by atoms with van der Waals surface area (Å²) < 4.78 is 4.04. The third kappa shape index (κ3) is 3.15. The van der Waals surface area contributed by atoms with Crippen LogP contribution in [0.4, 0.5) is 0 Å². The summed E-state index contributed by atoms with van der Waals surface area (Å²) >= 11 is 1.50. The van der Waals surface area contributed by atoms with Crippen LogP contribution in [0.25, 0.3) is 0 Å². The Morgan fingerprint density at radius 1 is 1.33 bits per heavy atom. The normalized spacial score (nSPS) is 12.6. The molecule has 1 N–H and O–H groups in total. The number of aryl methyl sites for hydroxylation is 2. The SMILES string of the molecule is CCNC(Cc1cccc(C)c1)c1snnc1C. The molecular weight excluding hydrogens is 242 g/mol. The van der Waals surface area contributed by atoms with Gasteiger partial charge in [-0.25, -0.2) is 0 Å². The summed E-state index contributed by atoms with van der Waals surface area (Å²) in [5.74, 6) is 0. The highest BCUT2D eigenvalue weighted by molar-refractivity contribution is 7.05. The molecule has 0 fully saturated rings. The zero-order valence-corrected chi connectivity index (χ0v) is 11.9. The van der Waals surface area contributed by atoms with E-state index < -0.39 is 0 Å². The first-order valence-electron chi connectivity index (χ1n) is 6.28. The molecule has 1 aromatic heterocycles. The number of hydrogen-bond donors (Lipinski definition) is 1. The predicted octanol–water partition coefficient (Wildman–Crippen LogP) is 3.05. The molecule has 0 saturated carbocycles. The average molecular weight is 261 g/mol. The molecule has 0 aliphatic heterocycles. The first-order chi connectivity index (χ1) is 8.70. The molecule has 4 heteroatoms. The summed E-state index contributed by atoms with van der Waals surface area (Å²) in [6.07, 6.45) is 0.986. The van der Waals surface area contributed by atoms with Crippen molar-refractivity contribution < 1.29 is 0 Å². The summed E-state index contributed by atoms with van der Waals surface area (Å²) in [5, 5.41) is 7.63. The van der Waals surface area contributed by atoms with Gasteiger partial charge in [0.2, 0.25) is 0 Å². The van der Waals surface area contributed by atoms with E-state index in [1.807, 2.05) is 6.92 Å². The van der Waals surface area contributed by atoms with Crippen LogP contribution < -0.4 is 5.32 Å². The monoisotopic (exact) mass is 261 g/mol. The van der Waals surface area contributed by atoms with Gasteiger partial charge in [0.1, 0.15) is 0 Å². The molecule has 2 aromatic rings. The molecule has 0 aliphatic rings. The van der Waals surface area contributed by atoms with E-state index in [-0.39, 0.29) is 0 Å². The van der Waals surface area contributed by atoms with Crippen molar-refractivity contribution in [2.75, 3.05) is 6.54 Å². The van der Waals surface area contributed by atoms with Gasteiger partial charge in [-0.15, -0.1) is 5.10 Å². The molecule has 18 heavy (non-hydrogen) atoms. The Labute approximate surface area is 112 Å². The fraction of sp³-hybridized carbons (Fsp3) is 0.429. The summed E-state index contributed by atoms with van der Waals surface area (Å²) in [4.78, 5) is 1.25. The number of nitrogens with one attached hydrogen (secondary N) is 1. The van der Waals surface area contributed by atoms with Gasteiger partial charge >= 0.3 is 0 Å². The van der Waals surface area contributed by atoms with Crippen molar-refractivity contribution in [1.82, 2.24) is 14.9 Å². The molecule has 1 atom stereocenters. The molecule has 1 heterocycles. The van der Waals surface area contributed by atoms with Gasteiger partial charge in [-0.3, -0.25) is 0 Å². The van der Waals surface area contributed by atoms with Crippen LogP contribution in [0.3, 0.4) is 0 Å². The second kappa shape index (κ2) is 6.07. The molecular formula is C14H19N3S. The van der Waals surface area contributed by atoms with Crippen LogP contribution in [0, 0.1) is 13.8 Å². The minimum atomic E-state index is 0.316. The van der Waals surface area contributed by atoms with Crippen LogP contribution in [-0.2, 0) is 6.42 Å². The highest BCUT2D eigenvalue weighted by Gasteiger charge is 2.16. The van der Waals surface area contributed by atoms with Gasteiger partial charge in [0, 0.05) is 6.04 Å². The molecule has 2 rings (SSSR count). The van der Waals surface area contributed by atoms with Crippen LogP contribution in [0.15, 0.2) is 24.3 Å². The van der Waals surface area contributed by atoms with E-state index >= 15 is 0 Å². The van der Waals surface area contributed by atoms with Gasteiger partial charge in [-0.1, -0.05) is 41.2 Å². The first-order valence-corrected chi connectivity index (χ1v) is 7.05. The van der Waals surface area contributed by atoms with Crippen molar-refractivity contribution in [3.8, 4) is 0 Å². The summed E-state index contributed by atoms with van der Waals surface area (Å²) in [7, 11) is 0. The smallest absolute Gasteiger partial charge is 0.0772 e. The topological polar surface area (TPSA) is 37.8 Å². The molecule has 3 nitrogen and oxygen atoms in total. The molecule has 0 amide bonds. The van der Waals surface area contributed by atoms with Crippen LogP contribution in [0.5, 0.6) is 0 Å². The molecule has 0 radical (unpaired) electrons. The molecule has 0 spiro atoms. The molecule has 0 aliphatic carbocycles. The highest BCUT2D eigenvalue weighted by atomic mass is 32.1. The van der Waals surface area contributed by atoms with Crippen molar-refractivity contribution >= 4 is 11.5 Å². The summed E-state index contributed by atoms with van der Waals surface area (Å²) in [6.45, 7) is 7.24. The maximum atomic E-state index is 4.11. The standard InChI is InChI=1S/C14H19N3S/c1-4-15-13(14-11(3)16-17-18-14)9-12-7-5-6-10(2)8-12/h5-8,13,15H,4,9H2,1-3H3. The lowest BCUT2D eigenvalue weighted by Gasteiger charge is -2.16. The van der Waals surface area contributed by atoms with Crippen LogP contribution >= 0.6 is 11.5 Å². The van der Waals surface area contributed by atoms with E-state index in [2.05, 4.69) is 53.0 Å². The van der Waals surface area contributed by atoms with E-state index in [1.165, 1.54) is 27.5 Å².